The molecule has 2 atom stereocenters. The average Bonchev–Trinajstić information content (AvgIpc) is 2.89. The number of ether oxygens (including phenoxy) is 1. The number of hydrogen-bond acceptors (Lipinski definition) is 5. The Hall–Kier alpha value is -1.04. The summed E-state index contributed by atoms with van der Waals surface area (Å²) in [7, 11) is 0. The van der Waals surface area contributed by atoms with E-state index in [1.54, 1.807) is 6.33 Å². The Balaban J connectivity index is 1.76. The van der Waals surface area contributed by atoms with Crippen molar-refractivity contribution in [3.8, 4) is 0 Å². The maximum absolute atomic E-state index is 6.09. The van der Waals surface area contributed by atoms with Crippen molar-refractivity contribution in [3.63, 3.8) is 0 Å². The second-order valence-electron chi connectivity index (χ2n) is 5.81. The molecule has 3 rings (SSSR count). The fourth-order valence-electron chi connectivity index (χ4n) is 3.69. The van der Waals surface area contributed by atoms with Gasteiger partial charge in [-0.1, -0.05) is 12.8 Å². The number of hydrogen-bond donors (Lipinski definition) is 2. The van der Waals surface area contributed by atoms with E-state index < -0.39 is 0 Å². The van der Waals surface area contributed by atoms with Gasteiger partial charge in [-0.3, -0.25) is 11.3 Å². The number of aromatic nitrogens is 2. The van der Waals surface area contributed by atoms with Gasteiger partial charge in [-0.15, -0.1) is 0 Å². The Morgan fingerprint density at radius 3 is 2.74 bits per heavy atom. The van der Waals surface area contributed by atoms with Crippen molar-refractivity contribution in [3.05, 3.63) is 24.3 Å². The molecule has 1 spiro atoms. The lowest BCUT2D eigenvalue weighted by molar-refractivity contribution is -0.0982. The highest BCUT2D eigenvalue weighted by Gasteiger charge is 2.42. The number of nitrogens with zero attached hydrogens (tertiary/aromatic N) is 2. The van der Waals surface area contributed by atoms with Crippen LogP contribution in [0.25, 0.3) is 0 Å². The molecule has 2 fully saturated rings. The summed E-state index contributed by atoms with van der Waals surface area (Å²) >= 11 is 0. The molecule has 1 aromatic rings. The molecule has 5 heteroatoms. The molecule has 0 aromatic carbocycles. The predicted molar refractivity (Wildman–Crippen MR) is 72.0 cm³/mol. The lowest BCUT2D eigenvalue weighted by atomic mass is 9.79. The molecule has 0 amide bonds. The highest BCUT2D eigenvalue weighted by molar-refractivity contribution is 5.11. The lowest BCUT2D eigenvalue weighted by Gasteiger charge is -2.41. The smallest absolute Gasteiger partial charge is 0.115 e. The molecule has 104 valence electrons. The van der Waals surface area contributed by atoms with E-state index in [0.717, 1.165) is 25.0 Å². The minimum Gasteiger partial charge on any atom is -0.375 e. The standard InChI is InChI=1S/C14H22N4O/c15-18-13(12-8-16-10-17-9-12)11-3-6-19-14(7-11)4-1-2-5-14/h8-11,13,18H,1-7,15H2. The molecule has 1 saturated heterocycles. The lowest BCUT2D eigenvalue weighted by Crippen LogP contribution is -2.43. The average molecular weight is 262 g/mol. The molecule has 2 unspecified atom stereocenters. The third-order valence-corrected chi connectivity index (χ3v) is 4.64. The van der Waals surface area contributed by atoms with Crippen molar-refractivity contribution < 1.29 is 4.74 Å². The zero-order chi connectivity index (χ0) is 13.1. The largest absolute Gasteiger partial charge is 0.375 e. The number of nitrogens with two attached hydrogens (primary N) is 1. The minimum atomic E-state index is 0.119. The van der Waals surface area contributed by atoms with E-state index in [0.29, 0.717) is 5.92 Å². The second-order valence-corrected chi connectivity index (χ2v) is 5.81. The van der Waals surface area contributed by atoms with Crippen LogP contribution in [0, 0.1) is 5.92 Å². The molecule has 0 radical (unpaired) electrons. The van der Waals surface area contributed by atoms with E-state index in [4.69, 9.17) is 10.6 Å². The maximum Gasteiger partial charge on any atom is 0.115 e. The van der Waals surface area contributed by atoms with Gasteiger partial charge in [0.1, 0.15) is 6.33 Å². The summed E-state index contributed by atoms with van der Waals surface area (Å²) in [5.41, 5.74) is 4.15. The second kappa shape index (κ2) is 5.53. The van der Waals surface area contributed by atoms with Crippen molar-refractivity contribution in [2.75, 3.05) is 6.61 Å². The summed E-state index contributed by atoms with van der Waals surface area (Å²) in [5, 5.41) is 0. The predicted octanol–water partition coefficient (Wildman–Crippen LogP) is 1.72. The van der Waals surface area contributed by atoms with E-state index in [9.17, 15) is 0 Å². The van der Waals surface area contributed by atoms with Crippen LogP contribution in [0.15, 0.2) is 18.7 Å². The molecule has 1 aliphatic heterocycles. The number of nitrogens with one attached hydrogen (secondary N) is 1. The van der Waals surface area contributed by atoms with Crippen molar-refractivity contribution in [1.82, 2.24) is 15.4 Å². The molecule has 5 nitrogen and oxygen atoms in total. The van der Waals surface area contributed by atoms with Crippen LogP contribution in [0.5, 0.6) is 0 Å². The van der Waals surface area contributed by atoms with Gasteiger partial charge in [0, 0.05) is 24.6 Å². The first-order valence-corrected chi connectivity index (χ1v) is 7.18. The van der Waals surface area contributed by atoms with Crippen molar-refractivity contribution in [2.24, 2.45) is 11.8 Å². The van der Waals surface area contributed by atoms with Gasteiger partial charge in [0.25, 0.3) is 0 Å². The first-order valence-electron chi connectivity index (χ1n) is 7.18. The molecule has 1 aromatic heterocycles. The Kier molecular flexibility index (Phi) is 3.77. The van der Waals surface area contributed by atoms with Gasteiger partial charge < -0.3 is 4.74 Å². The van der Waals surface area contributed by atoms with Gasteiger partial charge in [-0.25, -0.2) is 9.97 Å². The van der Waals surface area contributed by atoms with Crippen LogP contribution in [-0.2, 0) is 4.74 Å². The molecule has 0 bridgehead atoms. The normalized spacial score (nSPS) is 27.5. The van der Waals surface area contributed by atoms with Gasteiger partial charge in [-0.05, 0) is 31.6 Å². The van der Waals surface area contributed by atoms with E-state index in [2.05, 4.69) is 15.4 Å². The van der Waals surface area contributed by atoms with Crippen molar-refractivity contribution >= 4 is 0 Å². The molecule has 2 heterocycles. The Labute approximate surface area is 113 Å². The first kappa shape index (κ1) is 13.0. The van der Waals surface area contributed by atoms with Crippen molar-refractivity contribution in [1.29, 1.82) is 0 Å². The summed E-state index contributed by atoms with van der Waals surface area (Å²) in [6.45, 7) is 0.844. The zero-order valence-electron chi connectivity index (χ0n) is 11.2. The zero-order valence-corrected chi connectivity index (χ0v) is 11.2. The van der Waals surface area contributed by atoms with Gasteiger partial charge in [-0.2, -0.15) is 0 Å². The topological polar surface area (TPSA) is 73.1 Å². The molecule has 1 saturated carbocycles. The number of hydrazine groups is 1. The SMILES string of the molecule is NNC(c1cncnc1)C1CCOC2(CCCC2)C1. The van der Waals surface area contributed by atoms with Crippen LogP contribution >= 0.6 is 0 Å². The van der Waals surface area contributed by atoms with Gasteiger partial charge >= 0.3 is 0 Å². The van der Waals surface area contributed by atoms with E-state index in [1.165, 1.54) is 25.7 Å². The quantitative estimate of drug-likeness (QED) is 0.641. The Morgan fingerprint density at radius 1 is 1.32 bits per heavy atom. The van der Waals surface area contributed by atoms with Gasteiger partial charge in [0.05, 0.1) is 11.6 Å². The molecule has 3 N–H and O–H groups in total. The summed E-state index contributed by atoms with van der Waals surface area (Å²) in [6.07, 6.45) is 12.4. The fraction of sp³-hybridized carbons (Fsp3) is 0.714. The van der Waals surface area contributed by atoms with Crippen LogP contribution in [-0.4, -0.2) is 22.2 Å². The molecule has 19 heavy (non-hydrogen) atoms. The number of rotatable bonds is 3. The van der Waals surface area contributed by atoms with Crippen molar-refractivity contribution in [2.45, 2.75) is 50.2 Å². The van der Waals surface area contributed by atoms with Crippen LogP contribution in [0.3, 0.4) is 0 Å². The highest BCUT2D eigenvalue weighted by atomic mass is 16.5. The Morgan fingerprint density at radius 2 is 2.05 bits per heavy atom. The van der Waals surface area contributed by atoms with E-state index >= 15 is 0 Å². The minimum absolute atomic E-state index is 0.119. The van der Waals surface area contributed by atoms with Gasteiger partial charge in [0.2, 0.25) is 0 Å². The Bertz CT molecular complexity index is 405. The molecular formula is C14H22N4O. The summed E-state index contributed by atoms with van der Waals surface area (Å²) < 4.78 is 6.09. The summed E-state index contributed by atoms with van der Waals surface area (Å²) in [6, 6.07) is 0.127. The van der Waals surface area contributed by atoms with E-state index in [1.807, 2.05) is 12.4 Å². The monoisotopic (exact) mass is 262 g/mol. The van der Waals surface area contributed by atoms with Crippen LogP contribution < -0.4 is 11.3 Å². The highest BCUT2D eigenvalue weighted by Crippen LogP contribution is 2.44. The third-order valence-electron chi connectivity index (χ3n) is 4.64. The van der Waals surface area contributed by atoms with Gasteiger partial charge in [0.15, 0.2) is 0 Å². The van der Waals surface area contributed by atoms with Crippen LogP contribution in [0.2, 0.25) is 0 Å². The van der Waals surface area contributed by atoms with Crippen LogP contribution in [0.4, 0.5) is 0 Å². The van der Waals surface area contributed by atoms with Crippen LogP contribution in [0.1, 0.15) is 50.1 Å². The summed E-state index contributed by atoms with van der Waals surface area (Å²) in [5.74, 6) is 6.28. The fourth-order valence-corrected chi connectivity index (χ4v) is 3.69. The molecule has 1 aliphatic carbocycles. The molecular weight excluding hydrogens is 240 g/mol. The molecule has 2 aliphatic rings. The third kappa shape index (κ3) is 2.63. The first-order chi connectivity index (χ1) is 9.33. The maximum atomic E-state index is 6.09. The summed E-state index contributed by atoms with van der Waals surface area (Å²) in [4.78, 5) is 8.20. The van der Waals surface area contributed by atoms with E-state index in [-0.39, 0.29) is 11.6 Å².